The van der Waals surface area contributed by atoms with Gasteiger partial charge >= 0.3 is 5.97 Å². The monoisotopic (exact) mass is 398 g/mol. The van der Waals surface area contributed by atoms with Crippen molar-refractivity contribution in [3.8, 4) is 0 Å². The van der Waals surface area contributed by atoms with Crippen LogP contribution in [-0.4, -0.2) is 63.6 Å². The van der Waals surface area contributed by atoms with Crippen LogP contribution in [0.15, 0.2) is 23.1 Å². The molecule has 8 nitrogen and oxygen atoms in total. The van der Waals surface area contributed by atoms with Crippen molar-refractivity contribution in [2.24, 2.45) is 0 Å². The standard InChI is InChI=1S/C18H26N2O6S/c1-4-14(3)19-17(21)12-26-18(22)16-11-15(6-5-13(16)2)27(23,24)20-7-9-25-10-8-20/h5-6,11,14H,4,7-10,12H2,1-3H3,(H,19,21)/t14-/m0/s1. The van der Waals surface area contributed by atoms with E-state index in [9.17, 15) is 18.0 Å². The van der Waals surface area contributed by atoms with E-state index in [2.05, 4.69) is 5.32 Å². The maximum atomic E-state index is 12.7. The second-order valence-corrected chi connectivity index (χ2v) is 8.38. The lowest BCUT2D eigenvalue weighted by Gasteiger charge is -2.26. The summed E-state index contributed by atoms with van der Waals surface area (Å²) >= 11 is 0. The van der Waals surface area contributed by atoms with Gasteiger partial charge in [0.1, 0.15) is 0 Å². The zero-order valence-electron chi connectivity index (χ0n) is 15.9. The summed E-state index contributed by atoms with van der Waals surface area (Å²) in [5.74, 6) is -1.13. The molecule has 0 saturated carbocycles. The number of carbonyl (C=O) groups is 2. The zero-order valence-corrected chi connectivity index (χ0v) is 16.7. The quantitative estimate of drug-likeness (QED) is 0.690. The van der Waals surface area contributed by atoms with Gasteiger partial charge < -0.3 is 14.8 Å². The van der Waals surface area contributed by atoms with Gasteiger partial charge in [0.2, 0.25) is 10.0 Å². The molecule has 1 heterocycles. The molecule has 27 heavy (non-hydrogen) atoms. The van der Waals surface area contributed by atoms with Crippen LogP contribution in [-0.2, 0) is 24.3 Å². The minimum atomic E-state index is -3.72. The number of hydrogen-bond donors (Lipinski definition) is 1. The van der Waals surface area contributed by atoms with Gasteiger partial charge in [0.05, 0.1) is 23.7 Å². The number of sulfonamides is 1. The summed E-state index contributed by atoms with van der Waals surface area (Å²) in [5, 5.41) is 2.70. The van der Waals surface area contributed by atoms with Crippen LogP contribution in [0.3, 0.4) is 0 Å². The summed E-state index contributed by atoms with van der Waals surface area (Å²) in [6.45, 7) is 6.27. The Morgan fingerprint density at radius 2 is 1.96 bits per heavy atom. The molecule has 1 aliphatic rings. The smallest absolute Gasteiger partial charge is 0.338 e. The Kier molecular flexibility index (Phi) is 7.34. The largest absolute Gasteiger partial charge is 0.452 e. The number of hydrogen-bond acceptors (Lipinski definition) is 6. The van der Waals surface area contributed by atoms with E-state index in [0.29, 0.717) is 18.8 Å². The predicted molar refractivity (Wildman–Crippen MR) is 98.9 cm³/mol. The highest BCUT2D eigenvalue weighted by Gasteiger charge is 2.27. The van der Waals surface area contributed by atoms with Gasteiger partial charge in [0.25, 0.3) is 5.91 Å². The average molecular weight is 398 g/mol. The van der Waals surface area contributed by atoms with Crippen LogP contribution in [0.5, 0.6) is 0 Å². The highest BCUT2D eigenvalue weighted by atomic mass is 32.2. The van der Waals surface area contributed by atoms with Crippen LogP contribution < -0.4 is 5.32 Å². The number of nitrogens with zero attached hydrogens (tertiary/aromatic N) is 1. The molecule has 1 atom stereocenters. The first-order valence-corrected chi connectivity index (χ1v) is 10.3. The van der Waals surface area contributed by atoms with Gasteiger partial charge in [-0.3, -0.25) is 4.79 Å². The van der Waals surface area contributed by atoms with E-state index >= 15 is 0 Å². The van der Waals surface area contributed by atoms with Crippen LogP contribution in [0.2, 0.25) is 0 Å². The molecule has 9 heteroatoms. The third-order valence-corrected chi connectivity index (χ3v) is 6.29. The van der Waals surface area contributed by atoms with Crippen molar-refractivity contribution < 1.29 is 27.5 Å². The number of carbonyl (C=O) groups excluding carboxylic acids is 2. The van der Waals surface area contributed by atoms with Crippen molar-refractivity contribution in [1.29, 1.82) is 0 Å². The minimum absolute atomic E-state index is 0.0140. The van der Waals surface area contributed by atoms with Crippen molar-refractivity contribution in [1.82, 2.24) is 9.62 Å². The summed E-state index contributed by atoms with van der Waals surface area (Å²) in [6.07, 6.45) is 0.764. The number of nitrogens with one attached hydrogen (secondary N) is 1. The number of ether oxygens (including phenoxy) is 2. The lowest BCUT2D eigenvalue weighted by molar-refractivity contribution is -0.124. The fourth-order valence-electron chi connectivity index (χ4n) is 2.54. The maximum absolute atomic E-state index is 12.7. The van der Waals surface area contributed by atoms with E-state index in [1.165, 1.54) is 16.4 Å². The number of morpholine rings is 1. The Hall–Kier alpha value is -1.97. The molecule has 1 saturated heterocycles. The molecule has 1 N–H and O–H groups in total. The van der Waals surface area contributed by atoms with Crippen molar-refractivity contribution in [3.63, 3.8) is 0 Å². The summed E-state index contributed by atoms with van der Waals surface area (Å²) in [5.41, 5.74) is 0.698. The number of rotatable bonds is 7. The van der Waals surface area contributed by atoms with E-state index in [1.54, 1.807) is 13.0 Å². The van der Waals surface area contributed by atoms with E-state index in [0.717, 1.165) is 6.42 Å². The highest BCUT2D eigenvalue weighted by Crippen LogP contribution is 2.21. The Morgan fingerprint density at radius 3 is 2.59 bits per heavy atom. The van der Waals surface area contributed by atoms with Crippen molar-refractivity contribution in [2.75, 3.05) is 32.9 Å². The van der Waals surface area contributed by atoms with Crippen molar-refractivity contribution in [3.05, 3.63) is 29.3 Å². The zero-order chi connectivity index (χ0) is 20.0. The first-order valence-electron chi connectivity index (χ1n) is 8.90. The molecule has 0 spiro atoms. The molecule has 2 rings (SSSR count). The summed E-state index contributed by atoms with van der Waals surface area (Å²) < 4.78 is 37.1. The Morgan fingerprint density at radius 1 is 1.30 bits per heavy atom. The summed E-state index contributed by atoms with van der Waals surface area (Å²) in [7, 11) is -3.72. The molecule has 150 valence electrons. The molecule has 1 aromatic carbocycles. The molecule has 1 fully saturated rings. The van der Waals surface area contributed by atoms with Gasteiger partial charge in [0, 0.05) is 19.1 Å². The first-order chi connectivity index (χ1) is 12.8. The molecular weight excluding hydrogens is 372 g/mol. The summed E-state index contributed by atoms with van der Waals surface area (Å²) in [6, 6.07) is 4.31. The number of aryl methyl sites for hydroxylation is 1. The maximum Gasteiger partial charge on any atom is 0.338 e. The lowest BCUT2D eigenvalue weighted by Crippen LogP contribution is -2.40. The topological polar surface area (TPSA) is 102 Å². The lowest BCUT2D eigenvalue weighted by atomic mass is 10.1. The van der Waals surface area contributed by atoms with Crippen LogP contribution in [0, 0.1) is 6.92 Å². The Bertz CT molecular complexity index is 787. The van der Waals surface area contributed by atoms with E-state index in [-0.39, 0.29) is 29.6 Å². The predicted octanol–water partition coefficient (Wildman–Crippen LogP) is 1.09. The number of benzene rings is 1. The van der Waals surface area contributed by atoms with Gasteiger partial charge in [-0.25, -0.2) is 13.2 Å². The van der Waals surface area contributed by atoms with E-state index in [1.807, 2.05) is 13.8 Å². The van der Waals surface area contributed by atoms with Gasteiger partial charge in [-0.1, -0.05) is 13.0 Å². The number of esters is 1. The minimum Gasteiger partial charge on any atom is -0.452 e. The molecule has 1 aliphatic heterocycles. The fraction of sp³-hybridized carbons (Fsp3) is 0.556. The van der Waals surface area contributed by atoms with Crippen LogP contribution in [0.25, 0.3) is 0 Å². The number of amides is 1. The average Bonchev–Trinajstić information content (AvgIpc) is 2.66. The third-order valence-electron chi connectivity index (χ3n) is 4.39. The SMILES string of the molecule is CC[C@H](C)NC(=O)COC(=O)c1cc(S(=O)(=O)N2CCOCC2)ccc1C. The second kappa shape index (κ2) is 9.29. The molecule has 1 amide bonds. The van der Waals surface area contributed by atoms with Crippen LogP contribution >= 0.6 is 0 Å². The van der Waals surface area contributed by atoms with Crippen LogP contribution in [0.1, 0.15) is 36.2 Å². The van der Waals surface area contributed by atoms with Crippen molar-refractivity contribution in [2.45, 2.75) is 38.1 Å². The summed E-state index contributed by atoms with van der Waals surface area (Å²) in [4.78, 5) is 24.1. The normalized spacial score (nSPS) is 16.6. The third kappa shape index (κ3) is 5.50. The first kappa shape index (κ1) is 21.3. The van der Waals surface area contributed by atoms with E-state index in [4.69, 9.17) is 9.47 Å². The molecule has 0 radical (unpaired) electrons. The fourth-order valence-corrected chi connectivity index (χ4v) is 3.98. The molecule has 0 aromatic heterocycles. The van der Waals surface area contributed by atoms with Crippen LogP contribution in [0.4, 0.5) is 0 Å². The molecule has 0 bridgehead atoms. The molecular formula is C18H26N2O6S. The Balaban J connectivity index is 2.12. The molecule has 1 aromatic rings. The Labute approximate surface area is 159 Å². The van der Waals surface area contributed by atoms with E-state index < -0.39 is 28.5 Å². The van der Waals surface area contributed by atoms with Gasteiger partial charge in [-0.05, 0) is 38.0 Å². The second-order valence-electron chi connectivity index (χ2n) is 6.45. The highest BCUT2D eigenvalue weighted by molar-refractivity contribution is 7.89. The molecule has 0 unspecified atom stereocenters. The molecule has 0 aliphatic carbocycles. The van der Waals surface area contributed by atoms with Gasteiger partial charge in [-0.15, -0.1) is 0 Å². The van der Waals surface area contributed by atoms with Gasteiger partial charge in [-0.2, -0.15) is 4.31 Å². The van der Waals surface area contributed by atoms with Gasteiger partial charge in [0.15, 0.2) is 6.61 Å². The van der Waals surface area contributed by atoms with Crippen molar-refractivity contribution >= 4 is 21.9 Å².